The average Bonchev–Trinajstić information content (AvgIpc) is 3.14. The van der Waals surface area contributed by atoms with E-state index < -0.39 is 6.04 Å². The number of carbonyl (C=O) groups is 1. The van der Waals surface area contributed by atoms with Gasteiger partial charge in [0.2, 0.25) is 12.7 Å². The Morgan fingerprint density at radius 3 is 2.63 bits per heavy atom. The summed E-state index contributed by atoms with van der Waals surface area (Å²) in [5.41, 5.74) is 1.54. The van der Waals surface area contributed by atoms with Gasteiger partial charge >= 0.3 is 0 Å². The predicted molar refractivity (Wildman–Crippen MR) is 102 cm³/mol. The molecule has 1 amide bonds. The number of methoxy groups -OCH3 is 2. The number of carbonyl (C=O) groups excluding carboxylic acids is 1. The lowest BCUT2D eigenvalue weighted by molar-refractivity contribution is -0.121. The molecule has 0 aromatic heterocycles. The van der Waals surface area contributed by atoms with Gasteiger partial charge in [0.25, 0.3) is 0 Å². The highest BCUT2D eigenvalue weighted by Crippen LogP contribution is 2.36. The van der Waals surface area contributed by atoms with Crippen molar-refractivity contribution in [2.45, 2.75) is 19.5 Å². The van der Waals surface area contributed by atoms with E-state index >= 15 is 0 Å². The minimum atomic E-state index is -0.501. The van der Waals surface area contributed by atoms with E-state index in [0.29, 0.717) is 40.3 Å². The number of hydrogen-bond acceptors (Lipinski definition) is 6. The summed E-state index contributed by atoms with van der Waals surface area (Å²) in [4.78, 5) is 12.4. The summed E-state index contributed by atoms with van der Waals surface area (Å²) in [6, 6.07) is 8.41. The van der Waals surface area contributed by atoms with Crippen LogP contribution in [0.25, 0.3) is 0 Å². The summed E-state index contributed by atoms with van der Waals surface area (Å²) in [6.07, 6.45) is 0. The zero-order valence-electron chi connectivity index (χ0n) is 15.3. The molecule has 0 bridgehead atoms. The number of amides is 1. The molecule has 1 heterocycles. The lowest BCUT2D eigenvalue weighted by Crippen LogP contribution is -2.37. The first kappa shape index (κ1) is 19.0. The maximum atomic E-state index is 12.4. The first-order valence-electron chi connectivity index (χ1n) is 8.36. The fourth-order valence-electron chi connectivity index (χ4n) is 2.67. The number of fused-ring (bicyclic) bond motifs is 1. The molecule has 1 aliphatic heterocycles. The molecule has 1 aliphatic rings. The minimum absolute atomic E-state index is 0.163. The van der Waals surface area contributed by atoms with Gasteiger partial charge in [0.05, 0.1) is 24.9 Å². The normalized spacial score (nSPS) is 13.0. The zero-order valence-corrected chi connectivity index (χ0v) is 16.1. The van der Waals surface area contributed by atoms with Gasteiger partial charge in [-0.15, -0.1) is 0 Å². The number of benzene rings is 2. The van der Waals surface area contributed by atoms with E-state index in [2.05, 4.69) is 10.6 Å². The summed E-state index contributed by atoms with van der Waals surface area (Å²) < 4.78 is 21.2. The van der Waals surface area contributed by atoms with Crippen molar-refractivity contribution in [3.8, 4) is 23.0 Å². The molecule has 144 valence electrons. The largest absolute Gasteiger partial charge is 0.495 e. The monoisotopic (exact) mass is 392 g/mol. The molecule has 2 aromatic rings. The smallest absolute Gasteiger partial charge is 0.242 e. The maximum absolute atomic E-state index is 12.4. The lowest BCUT2D eigenvalue weighted by Gasteiger charge is -2.18. The Labute approximate surface area is 162 Å². The molecule has 8 heteroatoms. The third-order valence-electron chi connectivity index (χ3n) is 4.14. The standard InChI is InChI=1S/C19H21ClN2O5/c1-11(22-14-8-16(24-2)13(20)7-17(14)25-3)19(23)21-9-12-4-5-15-18(6-12)27-10-26-15/h4-8,11,22H,9-10H2,1-3H3,(H,21,23). The van der Waals surface area contributed by atoms with Crippen LogP contribution in [-0.2, 0) is 11.3 Å². The fraction of sp³-hybridized carbons (Fsp3) is 0.316. The van der Waals surface area contributed by atoms with Crippen LogP contribution in [0.5, 0.6) is 23.0 Å². The number of hydrogen-bond donors (Lipinski definition) is 2. The summed E-state index contributed by atoms with van der Waals surface area (Å²) in [6.45, 7) is 2.36. The molecule has 0 spiro atoms. The average molecular weight is 393 g/mol. The molecule has 2 N–H and O–H groups in total. The van der Waals surface area contributed by atoms with Gasteiger partial charge < -0.3 is 29.6 Å². The number of nitrogens with one attached hydrogen (secondary N) is 2. The van der Waals surface area contributed by atoms with Gasteiger partial charge in [-0.05, 0) is 24.6 Å². The second kappa shape index (κ2) is 8.26. The first-order chi connectivity index (χ1) is 13.0. The van der Waals surface area contributed by atoms with Crippen LogP contribution in [0.3, 0.4) is 0 Å². The van der Waals surface area contributed by atoms with Gasteiger partial charge in [0, 0.05) is 18.7 Å². The topological polar surface area (TPSA) is 78.1 Å². The van der Waals surface area contributed by atoms with Gasteiger partial charge in [-0.1, -0.05) is 17.7 Å². The number of rotatable bonds is 7. The molecule has 3 rings (SSSR count). The molecule has 7 nitrogen and oxygen atoms in total. The minimum Gasteiger partial charge on any atom is -0.495 e. The van der Waals surface area contributed by atoms with E-state index in [-0.39, 0.29) is 12.7 Å². The Bertz CT molecular complexity index is 843. The highest BCUT2D eigenvalue weighted by molar-refractivity contribution is 6.32. The third-order valence-corrected chi connectivity index (χ3v) is 4.44. The van der Waals surface area contributed by atoms with Crippen LogP contribution in [-0.4, -0.2) is 33.0 Å². The number of halogens is 1. The molecule has 0 fully saturated rings. The quantitative estimate of drug-likeness (QED) is 0.753. The molecule has 0 saturated carbocycles. The van der Waals surface area contributed by atoms with Crippen LogP contribution in [0.2, 0.25) is 5.02 Å². The molecule has 1 atom stereocenters. The Balaban J connectivity index is 1.62. The van der Waals surface area contributed by atoms with Gasteiger partial charge in [0.1, 0.15) is 17.5 Å². The van der Waals surface area contributed by atoms with Crippen molar-refractivity contribution in [2.75, 3.05) is 26.3 Å². The van der Waals surface area contributed by atoms with Crippen LogP contribution < -0.4 is 29.6 Å². The van der Waals surface area contributed by atoms with Gasteiger partial charge in [-0.25, -0.2) is 0 Å². The van der Waals surface area contributed by atoms with Crippen LogP contribution in [0.4, 0.5) is 5.69 Å². The van der Waals surface area contributed by atoms with Crippen molar-refractivity contribution >= 4 is 23.2 Å². The Morgan fingerprint density at radius 2 is 1.89 bits per heavy atom. The zero-order chi connectivity index (χ0) is 19.4. The maximum Gasteiger partial charge on any atom is 0.242 e. The fourth-order valence-corrected chi connectivity index (χ4v) is 2.90. The van der Waals surface area contributed by atoms with E-state index in [1.165, 1.54) is 14.2 Å². The molecule has 0 radical (unpaired) electrons. The van der Waals surface area contributed by atoms with Crippen molar-refractivity contribution in [2.24, 2.45) is 0 Å². The molecule has 0 aliphatic carbocycles. The van der Waals surface area contributed by atoms with Crippen molar-refractivity contribution in [1.82, 2.24) is 5.32 Å². The lowest BCUT2D eigenvalue weighted by atomic mass is 10.2. The Hall–Kier alpha value is -2.80. The number of anilines is 1. The molecule has 27 heavy (non-hydrogen) atoms. The van der Waals surface area contributed by atoms with E-state index in [1.54, 1.807) is 19.1 Å². The molecular weight excluding hydrogens is 372 g/mol. The van der Waals surface area contributed by atoms with Gasteiger partial charge in [0.15, 0.2) is 11.5 Å². The van der Waals surface area contributed by atoms with Gasteiger partial charge in [-0.3, -0.25) is 4.79 Å². The molecule has 1 unspecified atom stereocenters. The molecular formula is C19H21ClN2O5. The van der Waals surface area contributed by atoms with Crippen molar-refractivity contribution in [1.29, 1.82) is 0 Å². The van der Waals surface area contributed by atoms with E-state index in [4.69, 9.17) is 30.5 Å². The summed E-state index contributed by atoms with van der Waals surface area (Å²) >= 11 is 6.11. The van der Waals surface area contributed by atoms with E-state index in [1.807, 2.05) is 18.2 Å². The van der Waals surface area contributed by atoms with Crippen LogP contribution in [0.1, 0.15) is 12.5 Å². The SMILES string of the molecule is COc1cc(NC(C)C(=O)NCc2ccc3c(c2)OCO3)c(OC)cc1Cl. The van der Waals surface area contributed by atoms with Crippen LogP contribution >= 0.6 is 11.6 Å². The van der Waals surface area contributed by atoms with Crippen LogP contribution in [0, 0.1) is 0 Å². The van der Waals surface area contributed by atoms with E-state index in [0.717, 1.165) is 5.56 Å². The van der Waals surface area contributed by atoms with Crippen molar-refractivity contribution in [3.05, 3.63) is 40.9 Å². The van der Waals surface area contributed by atoms with E-state index in [9.17, 15) is 4.79 Å². The number of ether oxygens (including phenoxy) is 4. The summed E-state index contributed by atoms with van der Waals surface area (Å²) in [5.74, 6) is 2.25. The first-order valence-corrected chi connectivity index (χ1v) is 8.74. The van der Waals surface area contributed by atoms with Crippen molar-refractivity contribution in [3.63, 3.8) is 0 Å². The second-order valence-electron chi connectivity index (χ2n) is 5.96. The summed E-state index contributed by atoms with van der Waals surface area (Å²) in [5, 5.41) is 6.44. The summed E-state index contributed by atoms with van der Waals surface area (Å²) in [7, 11) is 3.06. The van der Waals surface area contributed by atoms with Crippen LogP contribution in [0.15, 0.2) is 30.3 Å². The van der Waals surface area contributed by atoms with Crippen molar-refractivity contribution < 1.29 is 23.7 Å². The highest BCUT2D eigenvalue weighted by Gasteiger charge is 2.18. The molecule has 0 saturated heterocycles. The molecule has 2 aromatic carbocycles. The highest BCUT2D eigenvalue weighted by atomic mass is 35.5. The van der Waals surface area contributed by atoms with Gasteiger partial charge in [-0.2, -0.15) is 0 Å². The third kappa shape index (κ3) is 4.31. The predicted octanol–water partition coefficient (Wildman–Crippen LogP) is 3.20. The Kier molecular flexibility index (Phi) is 5.81. The second-order valence-corrected chi connectivity index (χ2v) is 6.37. The Morgan fingerprint density at radius 1 is 1.15 bits per heavy atom.